The minimum atomic E-state index is -3.97. The maximum Gasteiger partial charge on any atom is 0.337 e. The summed E-state index contributed by atoms with van der Waals surface area (Å²) < 4.78 is 26.0. The van der Waals surface area contributed by atoms with Gasteiger partial charge < -0.3 is 10.2 Å². The molecule has 1 heterocycles. The summed E-state index contributed by atoms with van der Waals surface area (Å²) in [6, 6.07) is 6.23. The summed E-state index contributed by atoms with van der Waals surface area (Å²) in [5.74, 6) is -1.45. The van der Waals surface area contributed by atoms with E-state index in [9.17, 15) is 18.3 Å². The van der Waals surface area contributed by atoms with Crippen LogP contribution in [0, 0.1) is 11.3 Å². The number of hydrogen-bond acceptors (Lipinski definition) is 5. The van der Waals surface area contributed by atoms with E-state index in [4.69, 9.17) is 10.4 Å². The van der Waals surface area contributed by atoms with Crippen LogP contribution in [-0.2, 0) is 14.8 Å². The lowest BCUT2D eigenvalue weighted by molar-refractivity contribution is -0.159. The third-order valence-electron chi connectivity index (χ3n) is 3.78. The van der Waals surface area contributed by atoms with Crippen LogP contribution < -0.4 is 0 Å². The third-order valence-corrected chi connectivity index (χ3v) is 5.74. The Morgan fingerprint density at radius 2 is 2.19 bits per heavy atom. The molecule has 1 fully saturated rings. The highest BCUT2D eigenvalue weighted by Crippen LogP contribution is 2.33. The predicted molar refractivity (Wildman–Crippen MR) is 71.7 cm³/mol. The predicted octanol–water partition coefficient (Wildman–Crippen LogP) is 0.157. The van der Waals surface area contributed by atoms with Crippen LogP contribution in [0.15, 0.2) is 29.2 Å². The van der Waals surface area contributed by atoms with Gasteiger partial charge in [0.1, 0.15) is 0 Å². The van der Waals surface area contributed by atoms with Crippen molar-refractivity contribution >= 4 is 16.0 Å². The number of hydrogen-bond donors (Lipinski definition) is 2. The molecule has 1 aromatic rings. The van der Waals surface area contributed by atoms with Gasteiger partial charge in [0.05, 0.1) is 22.6 Å². The number of carboxylic acid groups (broad SMARTS) is 1. The summed E-state index contributed by atoms with van der Waals surface area (Å²) in [7, 11) is -3.97. The Morgan fingerprint density at radius 3 is 2.71 bits per heavy atom. The van der Waals surface area contributed by atoms with E-state index in [1.807, 2.05) is 6.07 Å². The Hall–Kier alpha value is -1.95. The van der Waals surface area contributed by atoms with Crippen LogP contribution in [0.5, 0.6) is 0 Å². The molecule has 112 valence electrons. The average Bonchev–Trinajstić information content (AvgIpc) is 2.77. The van der Waals surface area contributed by atoms with Gasteiger partial charge in [-0.3, -0.25) is 0 Å². The number of benzene rings is 1. The normalized spacial score (nSPS) is 26.4. The van der Waals surface area contributed by atoms with Crippen LogP contribution in [-0.4, -0.2) is 47.1 Å². The monoisotopic (exact) mass is 310 g/mol. The molecule has 2 rings (SSSR count). The molecule has 1 aromatic carbocycles. The van der Waals surface area contributed by atoms with Crippen molar-refractivity contribution in [3.05, 3.63) is 29.8 Å². The van der Waals surface area contributed by atoms with Gasteiger partial charge in [0.2, 0.25) is 10.0 Å². The Morgan fingerprint density at radius 1 is 1.52 bits per heavy atom. The lowest BCUT2D eigenvalue weighted by atomic mass is 9.97. The summed E-state index contributed by atoms with van der Waals surface area (Å²) >= 11 is 0. The second-order valence-corrected chi connectivity index (χ2v) is 6.80. The molecule has 1 saturated heterocycles. The summed E-state index contributed by atoms with van der Waals surface area (Å²) in [6.45, 7) is 1.26. The molecule has 0 aliphatic carbocycles. The molecule has 0 spiro atoms. The molecule has 2 atom stereocenters. The van der Waals surface area contributed by atoms with E-state index in [2.05, 4.69) is 0 Å². The Labute approximate surface area is 122 Å². The van der Waals surface area contributed by atoms with Crippen LogP contribution in [0.1, 0.15) is 18.9 Å². The minimum absolute atomic E-state index is 0.0942. The quantitative estimate of drug-likeness (QED) is 0.820. The fraction of sp³-hybridized carbons (Fsp3) is 0.385. The number of carbonyl (C=O) groups is 1. The zero-order valence-corrected chi connectivity index (χ0v) is 12.0. The van der Waals surface area contributed by atoms with Gasteiger partial charge in [-0.05, 0) is 25.1 Å². The maximum atomic E-state index is 12.5. The van der Waals surface area contributed by atoms with Crippen molar-refractivity contribution in [1.82, 2.24) is 4.31 Å². The standard InChI is InChI=1S/C13H14N2O5S/c1-9-13(18,12(16)17)5-6-15(9)21(19,20)11-4-2-3-10(7-11)8-14/h2-4,7,9,18H,5-6H2,1H3,(H,16,17)/t9?,13-/m0/s1. The molecule has 0 aromatic heterocycles. The molecule has 0 amide bonds. The van der Waals surface area contributed by atoms with Gasteiger partial charge in [0, 0.05) is 13.0 Å². The molecule has 1 aliphatic heterocycles. The molecule has 8 heteroatoms. The fourth-order valence-electron chi connectivity index (χ4n) is 2.40. The summed E-state index contributed by atoms with van der Waals surface area (Å²) in [5.41, 5.74) is -1.91. The molecule has 0 radical (unpaired) electrons. The van der Waals surface area contributed by atoms with Gasteiger partial charge in [-0.25, -0.2) is 13.2 Å². The summed E-state index contributed by atoms with van der Waals surface area (Å²) in [5, 5.41) is 27.9. The SMILES string of the molecule is CC1N(S(=O)(=O)c2cccc(C#N)c2)CC[C@@]1(O)C(=O)O. The second kappa shape index (κ2) is 5.11. The number of aliphatic carboxylic acids is 1. The van der Waals surface area contributed by atoms with Crippen LogP contribution >= 0.6 is 0 Å². The molecule has 0 saturated carbocycles. The Kier molecular flexibility index (Phi) is 3.76. The van der Waals surface area contributed by atoms with Gasteiger partial charge in [0.25, 0.3) is 0 Å². The second-order valence-electron chi connectivity index (χ2n) is 4.91. The van der Waals surface area contributed by atoms with E-state index in [1.165, 1.54) is 31.2 Å². The van der Waals surface area contributed by atoms with Crippen molar-refractivity contribution < 1.29 is 23.4 Å². The number of rotatable bonds is 3. The van der Waals surface area contributed by atoms with E-state index in [1.54, 1.807) is 0 Å². The first kappa shape index (κ1) is 15.4. The van der Waals surface area contributed by atoms with Gasteiger partial charge in [-0.15, -0.1) is 0 Å². The van der Waals surface area contributed by atoms with Crippen molar-refractivity contribution in [3.8, 4) is 6.07 Å². The number of sulfonamides is 1. The molecule has 2 N–H and O–H groups in total. The van der Waals surface area contributed by atoms with E-state index in [0.717, 1.165) is 4.31 Å². The topological polar surface area (TPSA) is 119 Å². The molecule has 1 unspecified atom stereocenters. The number of nitrogens with zero attached hydrogens (tertiary/aromatic N) is 2. The van der Waals surface area contributed by atoms with E-state index in [-0.39, 0.29) is 23.4 Å². The molecule has 1 aliphatic rings. The number of aliphatic hydroxyl groups is 1. The highest BCUT2D eigenvalue weighted by molar-refractivity contribution is 7.89. The molecule has 21 heavy (non-hydrogen) atoms. The van der Waals surface area contributed by atoms with E-state index >= 15 is 0 Å². The third kappa shape index (κ3) is 2.40. The van der Waals surface area contributed by atoms with Crippen molar-refractivity contribution in [2.24, 2.45) is 0 Å². The number of carboxylic acids is 1. The van der Waals surface area contributed by atoms with Gasteiger partial charge >= 0.3 is 5.97 Å². The Balaban J connectivity index is 2.42. The van der Waals surface area contributed by atoms with Crippen molar-refractivity contribution in [2.45, 2.75) is 29.9 Å². The largest absolute Gasteiger partial charge is 0.479 e. The summed E-state index contributed by atoms with van der Waals surface area (Å²) in [6.07, 6.45) is -0.180. The maximum absolute atomic E-state index is 12.5. The van der Waals surface area contributed by atoms with Crippen LogP contribution in [0.3, 0.4) is 0 Å². The first-order valence-electron chi connectivity index (χ1n) is 6.21. The first-order valence-corrected chi connectivity index (χ1v) is 7.65. The smallest absolute Gasteiger partial charge is 0.337 e. The Bertz CT molecular complexity index is 724. The minimum Gasteiger partial charge on any atom is -0.479 e. The van der Waals surface area contributed by atoms with E-state index in [0.29, 0.717) is 0 Å². The molecule has 0 bridgehead atoms. The lowest BCUT2D eigenvalue weighted by Crippen LogP contribution is -2.49. The van der Waals surface area contributed by atoms with Gasteiger partial charge in [0.15, 0.2) is 5.60 Å². The average molecular weight is 310 g/mol. The number of nitriles is 1. The van der Waals surface area contributed by atoms with Crippen molar-refractivity contribution in [2.75, 3.05) is 6.54 Å². The molecular weight excluding hydrogens is 296 g/mol. The van der Waals surface area contributed by atoms with Crippen molar-refractivity contribution in [1.29, 1.82) is 5.26 Å². The molecular formula is C13H14N2O5S. The highest BCUT2D eigenvalue weighted by atomic mass is 32.2. The zero-order valence-electron chi connectivity index (χ0n) is 11.2. The zero-order chi connectivity index (χ0) is 15.8. The highest BCUT2D eigenvalue weighted by Gasteiger charge is 2.53. The summed E-state index contributed by atoms with van der Waals surface area (Å²) in [4.78, 5) is 11.0. The van der Waals surface area contributed by atoms with E-state index < -0.39 is 27.6 Å². The van der Waals surface area contributed by atoms with Crippen LogP contribution in [0.2, 0.25) is 0 Å². The lowest BCUT2D eigenvalue weighted by Gasteiger charge is -2.27. The first-order chi connectivity index (χ1) is 9.73. The van der Waals surface area contributed by atoms with Crippen LogP contribution in [0.4, 0.5) is 0 Å². The fourth-order valence-corrected chi connectivity index (χ4v) is 4.12. The van der Waals surface area contributed by atoms with Gasteiger partial charge in [-0.2, -0.15) is 9.57 Å². The van der Waals surface area contributed by atoms with Crippen molar-refractivity contribution in [3.63, 3.8) is 0 Å². The van der Waals surface area contributed by atoms with Crippen LogP contribution in [0.25, 0.3) is 0 Å². The molecule has 7 nitrogen and oxygen atoms in total. The van der Waals surface area contributed by atoms with Gasteiger partial charge in [-0.1, -0.05) is 6.07 Å².